The standard InChI is InChI=1S/C16H17ClFN3/c17-15-14-3-1-11-9-12(18)2-4-13(11)21(14)20-16(15)10-5-7-19-8-6-10/h2,4,9-10,19H,1,3,5-8H2. The molecule has 1 aromatic carbocycles. The number of hydrogen-bond donors (Lipinski definition) is 1. The monoisotopic (exact) mass is 305 g/mol. The Morgan fingerprint density at radius 1 is 1.24 bits per heavy atom. The number of hydrogen-bond acceptors (Lipinski definition) is 2. The Balaban J connectivity index is 1.80. The van der Waals surface area contributed by atoms with Crippen LogP contribution in [0.1, 0.15) is 35.7 Å². The van der Waals surface area contributed by atoms with Crippen molar-refractivity contribution in [3.63, 3.8) is 0 Å². The van der Waals surface area contributed by atoms with Crippen molar-refractivity contribution < 1.29 is 4.39 Å². The maximum absolute atomic E-state index is 13.4. The van der Waals surface area contributed by atoms with E-state index >= 15 is 0 Å². The summed E-state index contributed by atoms with van der Waals surface area (Å²) in [6.45, 7) is 2.04. The van der Waals surface area contributed by atoms with Crippen molar-refractivity contribution >= 4 is 11.6 Å². The second-order valence-corrected chi connectivity index (χ2v) is 6.23. The van der Waals surface area contributed by atoms with Gasteiger partial charge in [0.15, 0.2) is 0 Å². The van der Waals surface area contributed by atoms with E-state index < -0.39 is 0 Å². The van der Waals surface area contributed by atoms with E-state index in [1.54, 1.807) is 6.07 Å². The van der Waals surface area contributed by atoms with Crippen LogP contribution in [0, 0.1) is 5.82 Å². The molecule has 0 amide bonds. The van der Waals surface area contributed by atoms with E-state index in [1.807, 2.05) is 10.7 Å². The minimum Gasteiger partial charge on any atom is -0.317 e. The number of fused-ring (bicyclic) bond motifs is 3. The lowest BCUT2D eigenvalue weighted by Gasteiger charge is -2.21. The van der Waals surface area contributed by atoms with E-state index in [9.17, 15) is 4.39 Å². The maximum atomic E-state index is 13.4. The number of aromatic nitrogens is 2. The minimum absolute atomic E-state index is 0.186. The summed E-state index contributed by atoms with van der Waals surface area (Å²) < 4.78 is 15.3. The number of nitrogens with one attached hydrogen (secondary N) is 1. The lowest BCUT2D eigenvalue weighted by Crippen LogP contribution is -2.27. The van der Waals surface area contributed by atoms with E-state index in [-0.39, 0.29) is 5.82 Å². The van der Waals surface area contributed by atoms with Crippen LogP contribution in [0.15, 0.2) is 18.2 Å². The fourth-order valence-electron chi connectivity index (χ4n) is 3.44. The van der Waals surface area contributed by atoms with Gasteiger partial charge < -0.3 is 5.32 Å². The Kier molecular flexibility index (Phi) is 3.23. The molecule has 2 aliphatic rings. The molecule has 0 aliphatic carbocycles. The Morgan fingerprint density at radius 2 is 2.05 bits per heavy atom. The van der Waals surface area contributed by atoms with Crippen LogP contribution in [0.2, 0.25) is 5.02 Å². The van der Waals surface area contributed by atoms with Gasteiger partial charge in [-0.2, -0.15) is 5.10 Å². The highest BCUT2D eigenvalue weighted by molar-refractivity contribution is 6.32. The number of rotatable bonds is 1. The van der Waals surface area contributed by atoms with Crippen molar-refractivity contribution in [2.75, 3.05) is 13.1 Å². The van der Waals surface area contributed by atoms with Crippen molar-refractivity contribution in [1.29, 1.82) is 0 Å². The molecule has 0 unspecified atom stereocenters. The van der Waals surface area contributed by atoms with E-state index in [4.69, 9.17) is 16.7 Å². The molecule has 0 atom stereocenters. The van der Waals surface area contributed by atoms with Crippen LogP contribution in [0.3, 0.4) is 0 Å². The lowest BCUT2D eigenvalue weighted by atomic mass is 9.94. The fourth-order valence-corrected chi connectivity index (χ4v) is 3.80. The summed E-state index contributed by atoms with van der Waals surface area (Å²) in [7, 11) is 0. The molecule has 3 nitrogen and oxygen atoms in total. The first-order chi connectivity index (χ1) is 10.2. The molecule has 0 bridgehead atoms. The van der Waals surface area contributed by atoms with E-state index in [1.165, 1.54) is 6.07 Å². The van der Waals surface area contributed by atoms with Gasteiger partial charge in [-0.25, -0.2) is 9.07 Å². The smallest absolute Gasteiger partial charge is 0.123 e. The normalized spacial score (nSPS) is 18.4. The van der Waals surface area contributed by atoms with Gasteiger partial charge in [0.1, 0.15) is 5.82 Å². The molecule has 0 radical (unpaired) electrons. The van der Waals surface area contributed by atoms with E-state index in [2.05, 4.69) is 5.32 Å². The zero-order valence-corrected chi connectivity index (χ0v) is 12.5. The van der Waals surface area contributed by atoms with Gasteiger partial charge in [0.25, 0.3) is 0 Å². The molecule has 5 heteroatoms. The molecule has 2 aromatic rings. The number of nitrogens with zero attached hydrogens (tertiary/aromatic N) is 2. The quantitative estimate of drug-likeness (QED) is 0.876. The van der Waals surface area contributed by atoms with Crippen LogP contribution in [-0.4, -0.2) is 22.9 Å². The average molecular weight is 306 g/mol. The first-order valence-electron chi connectivity index (χ1n) is 7.51. The summed E-state index contributed by atoms with van der Waals surface area (Å²) in [5.41, 5.74) is 4.08. The molecule has 21 heavy (non-hydrogen) atoms. The summed E-state index contributed by atoms with van der Waals surface area (Å²) in [5.74, 6) is 0.245. The molecule has 0 spiro atoms. The van der Waals surface area contributed by atoms with Gasteiger partial charge >= 0.3 is 0 Å². The number of halogens is 2. The van der Waals surface area contributed by atoms with Crippen LogP contribution >= 0.6 is 11.6 Å². The van der Waals surface area contributed by atoms with Crippen LogP contribution in [0.5, 0.6) is 0 Å². The zero-order valence-electron chi connectivity index (χ0n) is 11.7. The highest BCUT2D eigenvalue weighted by Gasteiger charge is 2.28. The van der Waals surface area contributed by atoms with Crippen molar-refractivity contribution in [2.24, 2.45) is 0 Å². The molecule has 110 valence electrons. The van der Waals surface area contributed by atoms with Crippen LogP contribution in [0.4, 0.5) is 4.39 Å². The van der Waals surface area contributed by atoms with Gasteiger partial charge in [-0.05, 0) is 62.5 Å². The third kappa shape index (κ3) is 2.17. The van der Waals surface area contributed by atoms with Gasteiger partial charge in [0.2, 0.25) is 0 Å². The second-order valence-electron chi connectivity index (χ2n) is 5.86. The third-order valence-corrected chi connectivity index (χ3v) is 4.98. The van der Waals surface area contributed by atoms with Crippen molar-refractivity contribution in [1.82, 2.24) is 15.1 Å². The second kappa shape index (κ2) is 5.11. The number of benzene rings is 1. The predicted octanol–water partition coefficient (Wildman–Crippen LogP) is 3.23. The molecule has 0 saturated carbocycles. The topological polar surface area (TPSA) is 29.9 Å². The van der Waals surface area contributed by atoms with Crippen molar-refractivity contribution in [2.45, 2.75) is 31.6 Å². The Hall–Kier alpha value is -1.39. The first-order valence-corrected chi connectivity index (χ1v) is 7.88. The van der Waals surface area contributed by atoms with Crippen LogP contribution in [-0.2, 0) is 12.8 Å². The fraction of sp³-hybridized carbons (Fsp3) is 0.438. The molecular weight excluding hydrogens is 289 g/mol. The molecule has 2 aliphatic heterocycles. The summed E-state index contributed by atoms with van der Waals surface area (Å²) in [6.07, 6.45) is 3.80. The van der Waals surface area contributed by atoms with Gasteiger partial charge in [0, 0.05) is 5.92 Å². The van der Waals surface area contributed by atoms with Crippen molar-refractivity contribution in [3.8, 4) is 5.69 Å². The number of aryl methyl sites for hydroxylation is 1. The molecule has 3 heterocycles. The number of piperidine rings is 1. The Labute approximate surface area is 128 Å². The van der Waals surface area contributed by atoms with Gasteiger partial charge in [0.05, 0.1) is 22.1 Å². The first kappa shape index (κ1) is 13.3. The van der Waals surface area contributed by atoms with Crippen LogP contribution < -0.4 is 5.32 Å². The average Bonchev–Trinajstić information content (AvgIpc) is 2.85. The highest BCUT2D eigenvalue weighted by Crippen LogP contribution is 2.36. The maximum Gasteiger partial charge on any atom is 0.123 e. The summed E-state index contributed by atoms with van der Waals surface area (Å²) in [4.78, 5) is 0. The Bertz CT molecular complexity index is 689. The predicted molar refractivity (Wildman–Crippen MR) is 80.8 cm³/mol. The minimum atomic E-state index is -0.186. The Morgan fingerprint density at radius 3 is 2.86 bits per heavy atom. The SMILES string of the molecule is Fc1ccc2c(c1)CCc1c(Cl)c(C3CCNCC3)nn1-2. The lowest BCUT2D eigenvalue weighted by molar-refractivity contribution is 0.451. The molecule has 1 aromatic heterocycles. The van der Waals surface area contributed by atoms with E-state index in [0.29, 0.717) is 5.92 Å². The van der Waals surface area contributed by atoms with Crippen molar-refractivity contribution in [3.05, 3.63) is 46.0 Å². The highest BCUT2D eigenvalue weighted by atomic mass is 35.5. The molecule has 1 fully saturated rings. The molecule has 1 N–H and O–H groups in total. The molecule has 4 rings (SSSR count). The summed E-state index contributed by atoms with van der Waals surface area (Å²) >= 11 is 6.60. The summed E-state index contributed by atoms with van der Waals surface area (Å²) in [6, 6.07) is 4.91. The third-order valence-electron chi connectivity index (χ3n) is 4.57. The zero-order chi connectivity index (χ0) is 14.4. The molecule has 1 saturated heterocycles. The summed E-state index contributed by atoms with van der Waals surface area (Å²) in [5, 5.41) is 8.96. The molecular formula is C16H17ClFN3. The van der Waals surface area contributed by atoms with E-state index in [0.717, 1.165) is 66.4 Å². The van der Waals surface area contributed by atoms with Gasteiger partial charge in [-0.3, -0.25) is 0 Å². The van der Waals surface area contributed by atoms with Crippen LogP contribution in [0.25, 0.3) is 5.69 Å². The van der Waals surface area contributed by atoms with Gasteiger partial charge in [-0.15, -0.1) is 0 Å². The largest absolute Gasteiger partial charge is 0.317 e. The van der Waals surface area contributed by atoms with Gasteiger partial charge in [-0.1, -0.05) is 11.6 Å².